The fraction of sp³-hybridized carbons (Fsp3) is 0.400. The Morgan fingerprint density at radius 2 is 1.95 bits per heavy atom. The van der Waals surface area contributed by atoms with E-state index >= 15 is 0 Å². The number of nitrogens with one attached hydrogen (secondary N) is 1. The normalized spacial score (nSPS) is 11.8. The number of nitrogens with zero attached hydrogens (tertiary/aromatic N) is 1. The number of hydrogen-bond donors (Lipinski definition) is 1. The lowest BCUT2D eigenvalue weighted by Gasteiger charge is -2.19. The van der Waals surface area contributed by atoms with E-state index in [1.54, 1.807) is 11.3 Å². The summed E-state index contributed by atoms with van der Waals surface area (Å²) in [6, 6.07) is 8.22. The van der Waals surface area contributed by atoms with Gasteiger partial charge >= 0.3 is 0 Å². The van der Waals surface area contributed by atoms with Gasteiger partial charge in [-0.3, -0.25) is 0 Å². The average molecular weight is 339 g/mol. The van der Waals surface area contributed by atoms with Gasteiger partial charge in [-0.1, -0.05) is 34.1 Å². The van der Waals surface area contributed by atoms with Crippen LogP contribution in [0.3, 0.4) is 0 Å². The maximum absolute atomic E-state index is 4.69. The fourth-order valence-corrected chi connectivity index (χ4v) is 3.33. The molecule has 0 aliphatic heterocycles. The Labute approximate surface area is 127 Å². The van der Waals surface area contributed by atoms with Gasteiger partial charge in [0.05, 0.1) is 5.69 Å². The van der Waals surface area contributed by atoms with Crippen molar-refractivity contribution in [2.45, 2.75) is 39.8 Å². The van der Waals surface area contributed by atoms with E-state index in [9.17, 15) is 0 Å². The van der Waals surface area contributed by atoms with Gasteiger partial charge in [0.2, 0.25) is 0 Å². The lowest BCUT2D eigenvalue weighted by Crippen LogP contribution is -2.34. The summed E-state index contributed by atoms with van der Waals surface area (Å²) in [6.45, 7) is 9.49. The highest BCUT2D eigenvalue weighted by Gasteiger charge is 2.14. The van der Waals surface area contributed by atoms with Gasteiger partial charge in [0.15, 0.2) is 0 Å². The predicted octanol–water partition coefficient (Wildman–Crippen LogP) is 4.77. The molecule has 0 atom stereocenters. The molecule has 0 saturated carbocycles. The number of aromatic nitrogens is 1. The quantitative estimate of drug-likeness (QED) is 0.871. The SMILES string of the molecule is Cc1nc(-c2ccccc2Br)sc1CNC(C)(C)C. The second kappa shape index (κ2) is 5.73. The molecule has 2 aromatic rings. The highest BCUT2D eigenvalue weighted by atomic mass is 79.9. The van der Waals surface area contributed by atoms with Gasteiger partial charge in [-0.25, -0.2) is 4.98 Å². The molecule has 1 heterocycles. The maximum atomic E-state index is 4.69. The maximum Gasteiger partial charge on any atom is 0.125 e. The molecule has 0 saturated heterocycles. The highest BCUT2D eigenvalue weighted by molar-refractivity contribution is 9.10. The van der Waals surface area contributed by atoms with E-state index in [0.29, 0.717) is 0 Å². The molecule has 1 aromatic heterocycles. The molecule has 1 aromatic carbocycles. The fourth-order valence-electron chi connectivity index (χ4n) is 1.69. The van der Waals surface area contributed by atoms with Crippen LogP contribution in [0.4, 0.5) is 0 Å². The van der Waals surface area contributed by atoms with Gasteiger partial charge in [0.1, 0.15) is 5.01 Å². The highest BCUT2D eigenvalue weighted by Crippen LogP contribution is 2.32. The molecule has 4 heteroatoms. The van der Waals surface area contributed by atoms with Crippen LogP contribution >= 0.6 is 27.3 Å². The van der Waals surface area contributed by atoms with Crippen LogP contribution in [0.25, 0.3) is 10.6 Å². The Bertz CT molecular complexity index is 570. The molecule has 1 N–H and O–H groups in total. The zero-order chi connectivity index (χ0) is 14.0. The minimum Gasteiger partial charge on any atom is -0.307 e. The molecule has 19 heavy (non-hydrogen) atoms. The number of benzene rings is 1. The van der Waals surface area contributed by atoms with Crippen LogP contribution in [0, 0.1) is 6.92 Å². The van der Waals surface area contributed by atoms with Crippen molar-refractivity contribution in [2.75, 3.05) is 0 Å². The summed E-state index contributed by atoms with van der Waals surface area (Å²) in [4.78, 5) is 6.00. The van der Waals surface area contributed by atoms with Crippen LogP contribution in [-0.2, 0) is 6.54 Å². The summed E-state index contributed by atoms with van der Waals surface area (Å²) in [7, 11) is 0. The molecule has 0 amide bonds. The average Bonchev–Trinajstić information content (AvgIpc) is 2.68. The monoisotopic (exact) mass is 338 g/mol. The van der Waals surface area contributed by atoms with Gasteiger partial charge in [-0.05, 0) is 33.8 Å². The molecule has 0 spiro atoms. The van der Waals surface area contributed by atoms with Crippen molar-refractivity contribution in [3.05, 3.63) is 39.3 Å². The zero-order valence-corrected chi connectivity index (χ0v) is 14.2. The first kappa shape index (κ1) is 14.7. The molecule has 0 aliphatic rings. The zero-order valence-electron chi connectivity index (χ0n) is 11.7. The predicted molar refractivity (Wildman–Crippen MR) is 86.6 cm³/mol. The van der Waals surface area contributed by atoms with Crippen molar-refractivity contribution >= 4 is 27.3 Å². The summed E-state index contributed by atoms with van der Waals surface area (Å²) in [6.07, 6.45) is 0. The van der Waals surface area contributed by atoms with Crippen LogP contribution in [0.1, 0.15) is 31.3 Å². The minimum absolute atomic E-state index is 0.129. The van der Waals surface area contributed by atoms with Crippen molar-refractivity contribution in [3.8, 4) is 10.6 Å². The van der Waals surface area contributed by atoms with Crippen molar-refractivity contribution in [3.63, 3.8) is 0 Å². The standard InChI is InChI=1S/C15H19BrN2S/c1-10-13(9-17-15(2,3)4)19-14(18-10)11-7-5-6-8-12(11)16/h5-8,17H,9H2,1-4H3. The smallest absolute Gasteiger partial charge is 0.125 e. The van der Waals surface area contributed by atoms with E-state index in [-0.39, 0.29) is 5.54 Å². The first-order chi connectivity index (χ1) is 8.87. The van der Waals surface area contributed by atoms with Crippen molar-refractivity contribution in [1.82, 2.24) is 10.3 Å². The van der Waals surface area contributed by atoms with Gasteiger partial charge in [0, 0.05) is 27.0 Å². The van der Waals surface area contributed by atoms with E-state index in [1.807, 2.05) is 12.1 Å². The molecular weight excluding hydrogens is 320 g/mol. The van der Waals surface area contributed by atoms with Gasteiger partial charge in [-0.2, -0.15) is 0 Å². The van der Waals surface area contributed by atoms with Crippen molar-refractivity contribution in [2.24, 2.45) is 0 Å². The first-order valence-corrected chi connectivity index (χ1v) is 7.94. The number of hydrogen-bond acceptors (Lipinski definition) is 3. The number of aryl methyl sites for hydroxylation is 1. The van der Waals surface area contributed by atoms with Gasteiger partial charge in [-0.15, -0.1) is 11.3 Å². The van der Waals surface area contributed by atoms with Crippen LogP contribution in [-0.4, -0.2) is 10.5 Å². The molecule has 102 valence electrons. The van der Waals surface area contributed by atoms with E-state index in [2.05, 4.69) is 61.1 Å². The summed E-state index contributed by atoms with van der Waals surface area (Å²) in [5.74, 6) is 0. The molecular formula is C15H19BrN2S. The lowest BCUT2D eigenvalue weighted by atomic mass is 10.1. The Balaban J connectivity index is 2.24. The summed E-state index contributed by atoms with van der Waals surface area (Å²) in [5.41, 5.74) is 2.41. The molecule has 0 fully saturated rings. The van der Waals surface area contributed by atoms with E-state index in [1.165, 1.54) is 4.88 Å². The topological polar surface area (TPSA) is 24.9 Å². The number of rotatable bonds is 3. The first-order valence-electron chi connectivity index (χ1n) is 6.33. The van der Waals surface area contributed by atoms with E-state index in [0.717, 1.165) is 27.3 Å². The Morgan fingerprint density at radius 1 is 1.26 bits per heavy atom. The van der Waals surface area contributed by atoms with Crippen molar-refractivity contribution in [1.29, 1.82) is 0 Å². The Kier molecular flexibility index (Phi) is 4.43. The third-order valence-corrected chi connectivity index (χ3v) is 4.66. The molecule has 2 nitrogen and oxygen atoms in total. The van der Waals surface area contributed by atoms with Gasteiger partial charge in [0.25, 0.3) is 0 Å². The summed E-state index contributed by atoms with van der Waals surface area (Å²) in [5, 5.41) is 4.60. The third kappa shape index (κ3) is 3.88. The molecule has 2 rings (SSSR count). The largest absolute Gasteiger partial charge is 0.307 e. The minimum atomic E-state index is 0.129. The molecule has 0 unspecified atom stereocenters. The van der Waals surface area contributed by atoms with E-state index < -0.39 is 0 Å². The summed E-state index contributed by atoms with van der Waals surface area (Å²) >= 11 is 5.35. The lowest BCUT2D eigenvalue weighted by molar-refractivity contribution is 0.425. The Morgan fingerprint density at radius 3 is 2.58 bits per heavy atom. The van der Waals surface area contributed by atoms with Crippen LogP contribution in [0.15, 0.2) is 28.7 Å². The Hall–Kier alpha value is -0.710. The van der Waals surface area contributed by atoms with Crippen molar-refractivity contribution < 1.29 is 0 Å². The van der Waals surface area contributed by atoms with Gasteiger partial charge < -0.3 is 5.32 Å². The summed E-state index contributed by atoms with van der Waals surface area (Å²) < 4.78 is 1.10. The van der Waals surface area contributed by atoms with Crippen LogP contribution in [0.5, 0.6) is 0 Å². The molecule has 0 aliphatic carbocycles. The van der Waals surface area contributed by atoms with Crippen LogP contribution < -0.4 is 5.32 Å². The third-order valence-electron chi connectivity index (χ3n) is 2.78. The number of thiazole rings is 1. The number of halogens is 1. The van der Waals surface area contributed by atoms with E-state index in [4.69, 9.17) is 4.98 Å². The molecule has 0 bridgehead atoms. The second-order valence-corrected chi connectivity index (χ2v) is 7.55. The van der Waals surface area contributed by atoms with Crippen LogP contribution in [0.2, 0.25) is 0 Å². The molecule has 0 radical (unpaired) electrons. The second-order valence-electron chi connectivity index (χ2n) is 5.61.